The van der Waals surface area contributed by atoms with E-state index in [1.165, 1.54) is 41.0 Å². The lowest BCUT2D eigenvalue weighted by molar-refractivity contribution is 0.0939. The summed E-state index contributed by atoms with van der Waals surface area (Å²) >= 11 is 1.85. The number of nitrogens with one attached hydrogen (secondary N) is 4. The Kier molecular flexibility index (Phi) is 7.51. The minimum absolute atomic E-state index is 0.0350. The van der Waals surface area contributed by atoms with E-state index in [0.717, 1.165) is 42.0 Å². The fourth-order valence-corrected chi connectivity index (χ4v) is 5.86. The molecular weight excluding hydrogens is 452 g/mol. The third kappa shape index (κ3) is 5.95. The Labute approximate surface area is 212 Å². The molecule has 3 aromatic rings. The molecule has 1 atom stereocenters. The summed E-state index contributed by atoms with van der Waals surface area (Å²) in [6, 6.07) is 20.1. The highest BCUT2D eigenvalue weighted by Gasteiger charge is 2.19. The summed E-state index contributed by atoms with van der Waals surface area (Å²) in [6.07, 6.45) is 5.33. The highest BCUT2D eigenvalue weighted by atomic mass is 32.1. The second-order valence-corrected chi connectivity index (χ2v) is 11.1. The Morgan fingerprint density at radius 3 is 2.66 bits per heavy atom. The van der Waals surface area contributed by atoms with Crippen LogP contribution >= 0.6 is 11.3 Å². The zero-order valence-corrected chi connectivity index (χ0v) is 21.5. The van der Waals surface area contributed by atoms with Crippen molar-refractivity contribution in [2.75, 3.05) is 18.4 Å². The maximum absolute atomic E-state index is 13.2. The maximum atomic E-state index is 13.2. The van der Waals surface area contributed by atoms with Crippen LogP contribution in [0.2, 0.25) is 0 Å². The van der Waals surface area contributed by atoms with E-state index in [-0.39, 0.29) is 11.9 Å². The van der Waals surface area contributed by atoms with Crippen molar-refractivity contribution in [1.29, 1.82) is 0 Å². The van der Waals surface area contributed by atoms with Crippen molar-refractivity contribution >= 4 is 22.9 Å². The van der Waals surface area contributed by atoms with Crippen LogP contribution in [0.25, 0.3) is 10.4 Å². The summed E-state index contributed by atoms with van der Waals surface area (Å²) in [7, 11) is 0. The molecule has 35 heavy (non-hydrogen) atoms. The first-order valence-electron chi connectivity index (χ1n) is 12.9. The molecule has 2 fully saturated rings. The molecule has 5 nitrogen and oxygen atoms in total. The summed E-state index contributed by atoms with van der Waals surface area (Å²) < 4.78 is 0. The van der Waals surface area contributed by atoms with E-state index in [4.69, 9.17) is 0 Å². The number of carbonyl (C=O) groups is 1. The summed E-state index contributed by atoms with van der Waals surface area (Å²) in [5, 5.41) is 13.7. The predicted molar refractivity (Wildman–Crippen MR) is 146 cm³/mol. The van der Waals surface area contributed by atoms with Crippen LogP contribution < -0.4 is 21.3 Å². The Bertz CT molecular complexity index is 1160. The molecule has 0 bridgehead atoms. The lowest BCUT2D eigenvalue weighted by Gasteiger charge is -2.29. The number of rotatable bonds is 9. The molecule has 1 aromatic heterocycles. The first kappa shape index (κ1) is 24.0. The molecule has 1 unspecified atom stereocenters. The van der Waals surface area contributed by atoms with E-state index >= 15 is 0 Å². The minimum Gasteiger partial charge on any atom is -0.380 e. The van der Waals surface area contributed by atoms with Crippen molar-refractivity contribution in [1.82, 2.24) is 16.0 Å². The fourth-order valence-electron chi connectivity index (χ4n) is 4.90. The van der Waals surface area contributed by atoms with Crippen LogP contribution in [-0.2, 0) is 6.54 Å². The average molecular weight is 489 g/mol. The lowest BCUT2D eigenvalue weighted by atomic mass is 10.0. The van der Waals surface area contributed by atoms with Gasteiger partial charge in [0.1, 0.15) is 0 Å². The molecule has 6 heteroatoms. The molecule has 1 aliphatic heterocycles. The fraction of sp³-hybridized carbons (Fsp3) is 0.414. The van der Waals surface area contributed by atoms with Gasteiger partial charge in [-0.05, 0) is 73.7 Å². The van der Waals surface area contributed by atoms with Crippen LogP contribution in [0.3, 0.4) is 0 Å². The summed E-state index contributed by atoms with van der Waals surface area (Å²) in [5.74, 6) is -0.0350. The largest absolute Gasteiger partial charge is 0.380 e. The topological polar surface area (TPSA) is 65.2 Å². The summed E-state index contributed by atoms with van der Waals surface area (Å²) in [6.45, 7) is 6.92. The van der Waals surface area contributed by atoms with E-state index in [1.807, 2.05) is 30.4 Å². The number of aryl methyl sites for hydroxylation is 1. The van der Waals surface area contributed by atoms with Gasteiger partial charge < -0.3 is 21.3 Å². The van der Waals surface area contributed by atoms with Crippen molar-refractivity contribution in [2.24, 2.45) is 0 Å². The molecule has 1 aliphatic carbocycles. The molecule has 4 N–H and O–H groups in total. The average Bonchev–Trinajstić information content (AvgIpc) is 3.53. The van der Waals surface area contributed by atoms with Crippen LogP contribution in [-0.4, -0.2) is 31.1 Å². The molecule has 1 saturated heterocycles. The number of thiophene rings is 1. The summed E-state index contributed by atoms with van der Waals surface area (Å²) in [4.78, 5) is 15.8. The van der Waals surface area contributed by atoms with Crippen LogP contribution in [0.15, 0.2) is 54.6 Å². The second-order valence-electron chi connectivity index (χ2n) is 9.98. The van der Waals surface area contributed by atoms with Crippen LogP contribution in [0, 0.1) is 6.92 Å². The smallest absolute Gasteiger partial charge is 0.252 e. The predicted octanol–water partition coefficient (Wildman–Crippen LogP) is 5.63. The number of amides is 1. The monoisotopic (exact) mass is 488 g/mol. The molecule has 184 valence electrons. The van der Waals surface area contributed by atoms with E-state index < -0.39 is 0 Å². The lowest BCUT2D eigenvalue weighted by Crippen LogP contribution is -2.51. The van der Waals surface area contributed by atoms with Gasteiger partial charge >= 0.3 is 0 Å². The molecule has 2 aliphatic rings. The van der Waals surface area contributed by atoms with Gasteiger partial charge in [0.05, 0.1) is 12.1 Å². The van der Waals surface area contributed by atoms with Gasteiger partial charge in [0.25, 0.3) is 5.91 Å². The SMILES string of the molecule is Cc1ccc(NC2CNC2)cc1C(=O)NC(C)c1cccc(-c2ccc(CNC3CCCC3)s2)c1. The van der Waals surface area contributed by atoms with Crippen molar-refractivity contribution in [3.05, 3.63) is 76.2 Å². The molecule has 2 heterocycles. The molecule has 5 rings (SSSR count). The third-order valence-electron chi connectivity index (χ3n) is 7.23. The van der Waals surface area contributed by atoms with Crippen molar-refractivity contribution in [3.8, 4) is 10.4 Å². The summed E-state index contributed by atoms with van der Waals surface area (Å²) in [5.41, 5.74) is 5.03. The van der Waals surface area contributed by atoms with Gasteiger partial charge in [-0.3, -0.25) is 4.79 Å². The zero-order chi connectivity index (χ0) is 24.2. The van der Waals surface area contributed by atoms with Crippen molar-refractivity contribution < 1.29 is 4.79 Å². The Morgan fingerprint density at radius 1 is 1.06 bits per heavy atom. The van der Waals surface area contributed by atoms with Crippen molar-refractivity contribution in [3.63, 3.8) is 0 Å². The van der Waals surface area contributed by atoms with E-state index in [0.29, 0.717) is 12.1 Å². The van der Waals surface area contributed by atoms with Crippen LogP contribution in [0.5, 0.6) is 0 Å². The van der Waals surface area contributed by atoms with Gasteiger partial charge in [-0.1, -0.05) is 37.1 Å². The van der Waals surface area contributed by atoms with Crippen molar-refractivity contribution in [2.45, 2.75) is 64.2 Å². The van der Waals surface area contributed by atoms with E-state index in [9.17, 15) is 4.79 Å². The molecule has 1 amide bonds. The Morgan fingerprint density at radius 2 is 1.89 bits per heavy atom. The molecule has 0 spiro atoms. The maximum Gasteiger partial charge on any atom is 0.252 e. The highest BCUT2D eigenvalue weighted by molar-refractivity contribution is 7.15. The van der Waals surface area contributed by atoms with Gasteiger partial charge in [-0.2, -0.15) is 0 Å². The second kappa shape index (κ2) is 10.9. The number of hydrogen-bond acceptors (Lipinski definition) is 5. The van der Waals surface area contributed by atoms with E-state index in [2.05, 4.69) is 70.7 Å². The van der Waals surface area contributed by atoms with Gasteiger partial charge in [0.2, 0.25) is 0 Å². The highest BCUT2D eigenvalue weighted by Crippen LogP contribution is 2.30. The standard InChI is InChI=1S/C29H36N4OS/c1-19-10-11-24(33-25-16-30-17-25)15-27(19)29(34)32-20(2)21-6-5-7-22(14-21)28-13-12-26(35-28)18-31-23-8-3-4-9-23/h5-7,10-15,20,23,25,30-31,33H,3-4,8-9,16-18H2,1-2H3,(H,32,34). The number of anilines is 1. The molecule has 0 radical (unpaired) electrons. The number of hydrogen-bond donors (Lipinski definition) is 4. The van der Waals surface area contributed by atoms with Crippen LogP contribution in [0.4, 0.5) is 5.69 Å². The third-order valence-corrected chi connectivity index (χ3v) is 8.37. The quantitative estimate of drug-likeness (QED) is 0.315. The molecule has 2 aromatic carbocycles. The van der Waals surface area contributed by atoms with Crippen LogP contribution in [0.1, 0.15) is 65.0 Å². The Balaban J connectivity index is 1.23. The molecule has 1 saturated carbocycles. The first-order chi connectivity index (χ1) is 17.0. The normalized spacial score (nSPS) is 17.2. The van der Waals surface area contributed by atoms with Gasteiger partial charge in [0.15, 0.2) is 0 Å². The zero-order valence-electron chi connectivity index (χ0n) is 20.7. The van der Waals surface area contributed by atoms with Gasteiger partial charge in [0, 0.05) is 46.7 Å². The minimum atomic E-state index is -0.0854. The number of carbonyl (C=O) groups excluding carboxylic acids is 1. The van der Waals surface area contributed by atoms with Gasteiger partial charge in [-0.25, -0.2) is 0 Å². The Hall–Kier alpha value is -2.67. The van der Waals surface area contributed by atoms with E-state index in [1.54, 1.807) is 0 Å². The van der Waals surface area contributed by atoms with Gasteiger partial charge in [-0.15, -0.1) is 11.3 Å². The molecular formula is C29H36N4OS. The first-order valence-corrected chi connectivity index (χ1v) is 13.7. The number of benzene rings is 2.